The Hall–Kier alpha value is -3.98. The molecule has 0 radical (unpaired) electrons. The highest BCUT2D eigenvalue weighted by Gasteiger charge is 2.36. The minimum absolute atomic E-state index is 0.0609. The molecule has 37 heavy (non-hydrogen) atoms. The van der Waals surface area contributed by atoms with E-state index in [1.165, 1.54) is 11.8 Å². The average molecular weight is 520 g/mol. The lowest BCUT2D eigenvalue weighted by Crippen LogP contribution is -2.46. The number of anilines is 1. The molecule has 1 atom stereocenters. The van der Waals surface area contributed by atoms with Crippen molar-refractivity contribution in [2.24, 2.45) is 4.99 Å². The summed E-state index contributed by atoms with van der Waals surface area (Å²) in [5, 5.41) is 2.76. The summed E-state index contributed by atoms with van der Waals surface area (Å²) in [5.41, 5.74) is 2.26. The second kappa shape index (κ2) is 12.3. The molecule has 2 amide bonds. The molecule has 3 aromatic rings. The Morgan fingerprint density at radius 1 is 0.946 bits per heavy atom. The highest BCUT2D eigenvalue weighted by atomic mass is 32.2. The number of ether oxygens (including phenoxy) is 3. The zero-order chi connectivity index (χ0) is 26.2. The number of carbonyl (C=O) groups excluding carboxylic acids is 2. The Labute approximate surface area is 220 Å². The Morgan fingerprint density at radius 2 is 1.65 bits per heavy atom. The van der Waals surface area contributed by atoms with Crippen LogP contribution in [0.25, 0.3) is 0 Å². The van der Waals surface area contributed by atoms with Gasteiger partial charge in [0.15, 0.2) is 16.7 Å². The van der Waals surface area contributed by atoms with Crippen LogP contribution >= 0.6 is 11.8 Å². The zero-order valence-electron chi connectivity index (χ0n) is 21.0. The van der Waals surface area contributed by atoms with Crippen molar-refractivity contribution in [2.75, 3.05) is 33.2 Å². The predicted octanol–water partition coefficient (Wildman–Crippen LogP) is 4.92. The van der Waals surface area contributed by atoms with Gasteiger partial charge in [-0.3, -0.25) is 14.5 Å². The molecule has 0 bridgehead atoms. The minimum Gasteiger partial charge on any atom is -0.495 e. The standard InChI is InChI=1S/C28H29N3O5S/c1-34-22-12-8-7-11-21(22)30-27(33)25-18-26(32)31(28(37-25)29-20-9-5-4-6-10-20)16-15-19-13-14-23(35-2)24(17-19)36-3/h4-14,17,25H,15-16,18H2,1-3H3,(H,30,33)/t25-/m1/s1. The number of methoxy groups -OCH3 is 3. The summed E-state index contributed by atoms with van der Waals surface area (Å²) in [5.74, 6) is 1.40. The maximum absolute atomic E-state index is 13.3. The number of thioether (sulfide) groups is 1. The van der Waals surface area contributed by atoms with Gasteiger partial charge in [-0.15, -0.1) is 0 Å². The summed E-state index contributed by atoms with van der Waals surface area (Å²) < 4.78 is 16.1. The van der Waals surface area contributed by atoms with Crippen molar-refractivity contribution in [3.8, 4) is 17.2 Å². The van der Waals surface area contributed by atoms with Crippen LogP contribution < -0.4 is 19.5 Å². The quantitative estimate of drug-likeness (QED) is 0.432. The van der Waals surface area contributed by atoms with Crippen LogP contribution in [0.15, 0.2) is 77.8 Å². The van der Waals surface area contributed by atoms with Crippen LogP contribution in [-0.2, 0) is 16.0 Å². The van der Waals surface area contributed by atoms with Gasteiger partial charge in [0.25, 0.3) is 0 Å². The lowest BCUT2D eigenvalue weighted by Gasteiger charge is -2.32. The second-order valence-electron chi connectivity index (χ2n) is 8.21. The van der Waals surface area contributed by atoms with Gasteiger partial charge in [0.05, 0.1) is 32.7 Å². The van der Waals surface area contributed by atoms with Gasteiger partial charge in [-0.1, -0.05) is 48.2 Å². The molecule has 4 rings (SSSR count). The Morgan fingerprint density at radius 3 is 2.38 bits per heavy atom. The molecular formula is C28H29N3O5S. The molecule has 0 saturated carbocycles. The number of rotatable bonds is 9. The molecule has 3 aromatic carbocycles. The highest BCUT2D eigenvalue weighted by molar-refractivity contribution is 8.15. The smallest absolute Gasteiger partial charge is 0.238 e. The van der Waals surface area contributed by atoms with Crippen LogP contribution in [0.5, 0.6) is 17.2 Å². The SMILES string of the molecule is COc1ccccc1NC(=O)[C@H]1CC(=O)N(CCc2ccc(OC)c(OC)c2)C(=Nc2ccccc2)S1. The Kier molecular flexibility index (Phi) is 8.68. The molecule has 1 N–H and O–H groups in total. The molecule has 8 nitrogen and oxygen atoms in total. The van der Waals surface area contributed by atoms with Gasteiger partial charge in [0, 0.05) is 13.0 Å². The van der Waals surface area contributed by atoms with Gasteiger partial charge < -0.3 is 19.5 Å². The first-order valence-corrected chi connectivity index (χ1v) is 12.7. The number of nitrogens with one attached hydrogen (secondary N) is 1. The summed E-state index contributed by atoms with van der Waals surface area (Å²) in [6.45, 7) is 0.411. The number of carbonyl (C=O) groups is 2. The van der Waals surface area contributed by atoms with Crippen molar-refractivity contribution < 1.29 is 23.8 Å². The minimum atomic E-state index is -0.628. The van der Waals surface area contributed by atoms with Crippen LogP contribution in [0, 0.1) is 0 Å². The van der Waals surface area contributed by atoms with Crippen LogP contribution in [0.2, 0.25) is 0 Å². The number of amides is 2. The molecule has 1 aliphatic rings. The predicted molar refractivity (Wildman–Crippen MR) is 146 cm³/mol. The molecule has 1 saturated heterocycles. The van der Waals surface area contributed by atoms with Crippen molar-refractivity contribution in [2.45, 2.75) is 18.1 Å². The largest absolute Gasteiger partial charge is 0.495 e. The van der Waals surface area contributed by atoms with Gasteiger partial charge in [-0.25, -0.2) is 4.99 Å². The molecule has 0 aliphatic carbocycles. The Bertz CT molecular complexity index is 1280. The number of amidine groups is 1. The van der Waals surface area contributed by atoms with E-state index < -0.39 is 5.25 Å². The first-order chi connectivity index (χ1) is 18.0. The van der Waals surface area contributed by atoms with Crippen LogP contribution in [-0.4, -0.2) is 55.0 Å². The van der Waals surface area contributed by atoms with E-state index in [4.69, 9.17) is 19.2 Å². The maximum atomic E-state index is 13.3. The second-order valence-corrected chi connectivity index (χ2v) is 9.38. The first kappa shape index (κ1) is 26.1. The zero-order valence-corrected chi connectivity index (χ0v) is 21.8. The van der Waals surface area contributed by atoms with E-state index in [0.29, 0.717) is 46.8 Å². The van der Waals surface area contributed by atoms with E-state index in [2.05, 4.69) is 5.32 Å². The summed E-state index contributed by atoms with van der Waals surface area (Å²) in [4.78, 5) is 32.9. The fourth-order valence-corrected chi connectivity index (χ4v) is 5.04. The number of nitrogens with zero attached hydrogens (tertiary/aromatic N) is 2. The van der Waals surface area contributed by atoms with Crippen molar-refractivity contribution >= 4 is 40.1 Å². The van der Waals surface area contributed by atoms with Crippen LogP contribution in [0.3, 0.4) is 0 Å². The summed E-state index contributed by atoms with van der Waals surface area (Å²) in [7, 11) is 4.73. The number of hydrogen-bond acceptors (Lipinski definition) is 7. The van der Waals surface area contributed by atoms with Gasteiger partial charge >= 0.3 is 0 Å². The van der Waals surface area contributed by atoms with E-state index in [-0.39, 0.29) is 18.2 Å². The number of para-hydroxylation sites is 3. The molecule has 192 valence electrons. The monoisotopic (exact) mass is 519 g/mol. The summed E-state index contributed by atoms with van der Waals surface area (Å²) >= 11 is 1.29. The molecule has 9 heteroatoms. The van der Waals surface area contributed by atoms with E-state index in [0.717, 1.165) is 5.56 Å². The molecule has 0 spiro atoms. The molecular weight excluding hydrogens is 490 g/mol. The third-order valence-electron chi connectivity index (χ3n) is 5.85. The van der Waals surface area contributed by atoms with E-state index in [1.54, 1.807) is 38.4 Å². The summed E-state index contributed by atoms with van der Waals surface area (Å²) in [6.07, 6.45) is 0.643. The van der Waals surface area contributed by atoms with Crippen LogP contribution in [0.4, 0.5) is 11.4 Å². The van der Waals surface area contributed by atoms with Gasteiger partial charge in [0.1, 0.15) is 11.0 Å². The lowest BCUT2D eigenvalue weighted by molar-refractivity contribution is -0.129. The first-order valence-electron chi connectivity index (χ1n) is 11.8. The molecule has 1 heterocycles. The molecule has 1 aliphatic heterocycles. The average Bonchev–Trinajstić information content (AvgIpc) is 2.93. The van der Waals surface area contributed by atoms with Gasteiger partial charge in [-0.2, -0.15) is 0 Å². The van der Waals surface area contributed by atoms with Crippen molar-refractivity contribution in [1.82, 2.24) is 4.90 Å². The third-order valence-corrected chi connectivity index (χ3v) is 7.04. The lowest BCUT2D eigenvalue weighted by atomic mass is 10.1. The maximum Gasteiger partial charge on any atom is 0.238 e. The molecule has 0 unspecified atom stereocenters. The fourth-order valence-electron chi connectivity index (χ4n) is 3.91. The molecule has 1 fully saturated rings. The molecule has 0 aromatic heterocycles. The fraction of sp³-hybridized carbons (Fsp3) is 0.250. The van der Waals surface area contributed by atoms with E-state index in [1.807, 2.05) is 60.7 Å². The topological polar surface area (TPSA) is 89.5 Å². The summed E-state index contributed by atoms with van der Waals surface area (Å²) in [6, 6.07) is 22.3. The van der Waals surface area contributed by atoms with Gasteiger partial charge in [0.2, 0.25) is 11.8 Å². The number of hydrogen-bond donors (Lipinski definition) is 1. The van der Waals surface area contributed by atoms with Gasteiger partial charge in [-0.05, 0) is 48.4 Å². The van der Waals surface area contributed by atoms with Crippen LogP contribution in [0.1, 0.15) is 12.0 Å². The van der Waals surface area contributed by atoms with E-state index in [9.17, 15) is 9.59 Å². The number of benzene rings is 3. The van der Waals surface area contributed by atoms with Crippen molar-refractivity contribution in [3.05, 3.63) is 78.4 Å². The van der Waals surface area contributed by atoms with E-state index >= 15 is 0 Å². The van der Waals surface area contributed by atoms with Crippen molar-refractivity contribution in [1.29, 1.82) is 0 Å². The van der Waals surface area contributed by atoms with Crippen molar-refractivity contribution in [3.63, 3.8) is 0 Å². The Balaban J connectivity index is 1.54. The third kappa shape index (κ3) is 6.42. The number of aliphatic imine (C=N–C) groups is 1. The normalized spacial score (nSPS) is 16.4. The highest BCUT2D eigenvalue weighted by Crippen LogP contribution is 2.32.